The van der Waals surface area contributed by atoms with E-state index in [1.807, 2.05) is 6.07 Å². The number of benzene rings is 4. The lowest BCUT2D eigenvalue weighted by Crippen LogP contribution is -2.11. The van der Waals surface area contributed by atoms with E-state index in [-0.39, 0.29) is 10.8 Å². The first kappa shape index (κ1) is 24.6. The Kier molecular flexibility index (Phi) is 5.81. The Morgan fingerprint density at radius 3 is 1.79 bits per heavy atom. The first-order valence-electron chi connectivity index (χ1n) is 13.3. The lowest BCUT2D eigenvalue weighted by atomic mass is 9.82. The highest BCUT2D eigenvalue weighted by atomic mass is 32.1. The van der Waals surface area contributed by atoms with E-state index in [1.165, 1.54) is 38.2 Å². The van der Waals surface area contributed by atoms with Crippen LogP contribution in [0.15, 0.2) is 90.3 Å². The lowest BCUT2D eigenvalue weighted by Gasteiger charge is -2.22. The van der Waals surface area contributed by atoms with E-state index in [2.05, 4.69) is 131 Å². The summed E-state index contributed by atoms with van der Waals surface area (Å²) in [6, 6.07) is 31.0. The van der Waals surface area contributed by atoms with Crippen molar-refractivity contribution in [3.05, 3.63) is 101 Å². The third-order valence-electron chi connectivity index (χ3n) is 7.45. The van der Waals surface area contributed by atoms with Crippen LogP contribution in [0.1, 0.15) is 52.7 Å². The van der Waals surface area contributed by atoms with E-state index in [0.717, 1.165) is 27.7 Å². The normalized spacial score (nSPS) is 12.5. The van der Waals surface area contributed by atoms with Gasteiger partial charge in [0.25, 0.3) is 0 Å². The molecule has 2 heterocycles. The number of thiazole rings is 1. The molecule has 0 saturated carbocycles. The molecular formula is C35H34N2S. The van der Waals surface area contributed by atoms with Crippen molar-refractivity contribution < 1.29 is 0 Å². The van der Waals surface area contributed by atoms with Gasteiger partial charge in [-0.25, -0.2) is 4.98 Å². The summed E-state index contributed by atoms with van der Waals surface area (Å²) in [6.07, 6.45) is 0. The topological polar surface area (TPSA) is 28.7 Å². The molecule has 0 amide bonds. The first-order valence-corrected chi connectivity index (χ1v) is 14.2. The predicted octanol–water partition coefficient (Wildman–Crippen LogP) is 10.4. The number of nitrogens with one attached hydrogen (secondary N) is 1. The number of hydrogen-bond donors (Lipinski definition) is 1. The van der Waals surface area contributed by atoms with Crippen molar-refractivity contribution in [1.82, 2.24) is 9.97 Å². The highest BCUT2D eigenvalue weighted by molar-refractivity contribution is 7.13. The Balaban J connectivity index is 1.56. The smallest absolute Gasteiger partial charge is 0.140 e. The molecule has 190 valence electrons. The number of aromatic nitrogens is 2. The molecule has 0 fully saturated rings. The fourth-order valence-corrected chi connectivity index (χ4v) is 5.95. The van der Waals surface area contributed by atoms with Crippen molar-refractivity contribution in [2.24, 2.45) is 0 Å². The monoisotopic (exact) mass is 514 g/mol. The quantitative estimate of drug-likeness (QED) is 0.234. The van der Waals surface area contributed by atoms with Gasteiger partial charge in [-0.1, -0.05) is 96.1 Å². The minimum atomic E-state index is 0.0727. The van der Waals surface area contributed by atoms with Gasteiger partial charge in [0.05, 0.1) is 11.4 Å². The molecule has 2 nitrogen and oxygen atoms in total. The summed E-state index contributed by atoms with van der Waals surface area (Å²) in [4.78, 5) is 8.72. The zero-order chi connectivity index (χ0) is 26.7. The van der Waals surface area contributed by atoms with Gasteiger partial charge in [-0.05, 0) is 73.8 Å². The zero-order valence-corrected chi connectivity index (χ0v) is 23.8. The Bertz CT molecular complexity index is 1700. The van der Waals surface area contributed by atoms with E-state index in [9.17, 15) is 0 Å². The maximum atomic E-state index is 4.96. The fourth-order valence-electron chi connectivity index (χ4n) is 5.14. The molecule has 0 bridgehead atoms. The third kappa shape index (κ3) is 4.46. The zero-order valence-electron chi connectivity index (χ0n) is 23.0. The maximum Gasteiger partial charge on any atom is 0.140 e. The number of H-pyrrole nitrogens is 1. The number of hydrogen-bond acceptors (Lipinski definition) is 2. The first-order chi connectivity index (χ1) is 18.1. The summed E-state index contributed by atoms with van der Waals surface area (Å²) in [5.41, 5.74) is 8.44. The van der Waals surface area contributed by atoms with E-state index in [0.29, 0.717) is 0 Å². The van der Waals surface area contributed by atoms with Crippen molar-refractivity contribution in [2.45, 2.75) is 52.4 Å². The SMILES string of the molecule is CC(C)(C)c1ccc2cc3ccc(C(C)(C)C)cc3c(-c3ccc(-c4nc(-c5ccccc5)cs4)[nH]3)c2c1. The van der Waals surface area contributed by atoms with Crippen molar-refractivity contribution in [2.75, 3.05) is 0 Å². The number of nitrogens with zero attached hydrogens (tertiary/aromatic N) is 1. The summed E-state index contributed by atoms with van der Waals surface area (Å²) in [7, 11) is 0. The van der Waals surface area contributed by atoms with Gasteiger partial charge in [0.1, 0.15) is 5.01 Å². The average Bonchev–Trinajstić information content (AvgIpc) is 3.56. The van der Waals surface area contributed by atoms with Gasteiger partial charge in [0.2, 0.25) is 0 Å². The second-order valence-electron chi connectivity index (χ2n) is 12.3. The highest BCUT2D eigenvalue weighted by Crippen LogP contribution is 2.41. The van der Waals surface area contributed by atoms with Crippen LogP contribution in [-0.4, -0.2) is 9.97 Å². The standard InChI is InChI=1S/C35H34N2S/c1-34(2,3)25-14-12-23-18-24-13-15-26(35(4,5)6)20-28(24)32(27(23)19-25)29-16-17-30(36-29)33-37-31(21-38-33)22-10-8-7-9-11-22/h7-21,36H,1-6H3. The van der Waals surface area contributed by atoms with Gasteiger partial charge >= 0.3 is 0 Å². The highest BCUT2D eigenvalue weighted by Gasteiger charge is 2.20. The van der Waals surface area contributed by atoms with E-state index in [4.69, 9.17) is 4.98 Å². The van der Waals surface area contributed by atoms with Crippen LogP contribution in [0.5, 0.6) is 0 Å². The minimum absolute atomic E-state index is 0.0727. The molecule has 0 spiro atoms. The molecule has 0 aliphatic rings. The molecule has 0 unspecified atom stereocenters. The van der Waals surface area contributed by atoms with Gasteiger partial charge < -0.3 is 4.98 Å². The molecule has 2 aromatic heterocycles. The minimum Gasteiger partial charge on any atom is -0.353 e. The van der Waals surface area contributed by atoms with Gasteiger partial charge in [0.15, 0.2) is 0 Å². The summed E-state index contributed by atoms with van der Waals surface area (Å²) in [5, 5.41) is 8.25. The molecule has 3 heteroatoms. The lowest BCUT2D eigenvalue weighted by molar-refractivity contribution is 0.591. The second kappa shape index (κ2) is 8.96. The Hall–Kier alpha value is -3.69. The molecule has 6 rings (SSSR count). The van der Waals surface area contributed by atoms with E-state index in [1.54, 1.807) is 11.3 Å². The second-order valence-corrected chi connectivity index (χ2v) is 13.2. The number of fused-ring (bicyclic) bond motifs is 2. The molecule has 0 aliphatic heterocycles. The van der Waals surface area contributed by atoms with Gasteiger partial charge in [0, 0.05) is 22.2 Å². The van der Waals surface area contributed by atoms with Crippen LogP contribution in [0.4, 0.5) is 0 Å². The fraction of sp³-hybridized carbons (Fsp3) is 0.229. The van der Waals surface area contributed by atoms with E-state index < -0.39 is 0 Å². The predicted molar refractivity (Wildman–Crippen MR) is 165 cm³/mol. The molecule has 6 aromatic rings. The largest absolute Gasteiger partial charge is 0.353 e. The van der Waals surface area contributed by atoms with Crippen molar-refractivity contribution in [1.29, 1.82) is 0 Å². The Morgan fingerprint density at radius 1 is 0.632 bits per heavy atom. The number of rotatable bonds is 3. The molecule has 1 N–H and O–H groups in total. The molecular weight excluding hydrogens is 480 g/mol. The Morgan fingerprint density at radius 2 is 1.21 bits per heavy atom. The summed E-state index contributed by atoms with van der Waals surface area (Å²) < 4.78 is 0. The third-order valence-corrected chi connectivity index (χ3v) is 8.32. The summed E-state index contributed by atoms with van der Waals surface area (Å²) >= 11 is 1.68. The molecule has 4 aromatic carbocycles. The van der Waals surface area contributed by atoms with Crippen LogP contribution in [0.2, 0.25) is 0 Å². The summed E-state index contributed by atoms with van der Waals surface area (Å²) in [6.45, 7) is 13.7. The van der Waals surface area contributed by atoms with Crippen LogP contribution in [0.25, 0.3) is 54.8 Å². The van der Waals surface area contributed by atoms with Crippen molar-refractivity contribution in [3.63, 3.8) is 0 Å². The van der Waals surface area contributed by atoms with Crippen molar-refractivity contribution in [3.8, 4) is 33.2 Å². The van der Waals surface area contributed by atoms with Crippen LogP contribution >= 0.6 is 11.3 Å². The Labute approximate surface area is 229 Å². The average molecular weight is 515 g/mol. The summed E-state index contributed by atoms with van der Waals surface area (Å²) in [5.74, 6) is 0. The van der Waals surface area contributed by atoms with Gasteiger partial charge in [-0.3, -0.25) is 0 Å². The van der Waals surface area contributed by atoms with Crippen LogP contribution in [0.3, 0.4) is 0 Å². The molecule has 38 heavy (non-hydrogen) atoms. The van der Waals surface area contributed by atoms with Crippen LogP contribution in [-0.2, 0) is 10.8 Å². The van der Waals surface area contributed by atoms with Gasteiger partial charge in [-0.2, -0.15) is 0 Å². The molecule has 0 atom stereocenters. The van der Waals surface area contributed by atoms with Crippen LogP contribution < -0.4 is 0 Å². The molecule has 0 radical (unpaired) electrons. The maximum absolute atomic E-state index is 4.96. The van der Waals surface area contributed by atoms with Crippen LogP contribution in [0, 0.1) is 0 Å². The molecule has 0 saturated heterocycles. The number of aromatic amines is 1. The molecule has 0 aliphatic carbocycles. The van der Waals surface area contributed by atoms with Gasteiger partial charge in [-0.15, -0.1) is 11.3 Å². The van der Waals surface area contributed by atoms with E-state index >= 15 is 0 Å². The van der Waals surface area contributed by atoms with Crippen molar-refractivity contribution >= 4 is 32.9 Å².